The van der Waals surface area contributed by atoms with Crippen LogP contribution >= 0.6 is 11.3 Å². The van der Waals surface area contributed by atoms with Gasteiger partial charge in [-0.1, -0.05) is 152 Å². The first-order chi connectivity index (χ1) is 25.2. The van der Waals surface area contributed by atoms with Crippen LogP contribution in [0, 0.1) is 0 Å². The van der Waals surface area contributed by atoms with Gasteiger partial charge >= 0.3 is 0 Å². The minimum atomic E-state index is 0.651. The summed E-state index contributed by atoms with van der Waals surface area (Å²) in [5.41, 5.74) is 7.61. The summed E-state index contributed by atoms with van der Waals surface area (Å²) in [5, 5.41) is 7.38. The van der Waals surface area contributed by atoms with Crippen LogP contribution in [0.5, 0.6) is 0 Å². The standard InChI is InChI=1S/C47H29N3S/c1-3-9-36-27-38(23-19-30(36)7-1)34-15-13-32(14-16-34)33-17-21-35(22-18-33)45-48-46(39-24-20-31-8-2-4-10-37(31)28-39)50-47(49-45)40-25-26-42-41-11-5-6-12-43(41)51-44(42)29-40/h1-29H. The summed E-state index contributed by atoms with van der Waals surface area (Å²) in [6, 6.07) is 62.4. The Balaban J connectivity index is 1.02. The van der Waals surface area contributed by atoms with Gasteiger partial charge in [-0.3, -0.25) is 0 Å². The molecule has 0 N–H and O–H groups in total. The highest BCUT2D eigenvalue weighted by molar-refractivity contribution is 7.25. The number of fused-ring (bicyclic) bond motifs is 5. The van der Waals surface area contributed by atoms with Crippen LogP contribution in [0.2, 0.25) is 0 Å². The van der Waals surface area contributed by atoms with Crippen LogP contribution < -0.4 is 0 Å². The lowest BCUT2D eigenvalue weighted by molar-refractivity contribution is 1.08. The number of hydrogen-bond acceptors (Lipinski definition) is 4. The quantitative estimate of drug-likeness (QED) is 0.183. The fourth-order valence-corrected chi connectivity index (χ4v) is 8.14. The van der Waals surface area contributed by atoms with Crippen molar-refractivity contribution in [1.82, 2.24) is 15.0 Å². The van der Waals surface area contributed by atoms with Gasteiger partial charge < -0.3 is 0 Å². The van der Waals surface area contributed by atoms with Crippen LogP contribution in [-0.2, 0) is 0 Å². The average Bonchev–Trinajstić information content (AvgIpc) is 3.58. The van der Waals surface area contributed by atoms with Crippen molar-refractivity contribution in [3.05, 3.63) is 176 Å². The molecule has 0 aliphatic rings. The van der Waals surface area contributed by atoms with Crippen LogP contribution in [0.15, 0.2) is 176 Å². The molecule has 0 unspecified atom stereocenters. The van der Waals surface area contributed by atoms with E-state index in [-0.39, 0.29) is 0 Å². The number of rotatable bonds is 5. The molecule has 4 heteroatoms. The molecule has 0 saturated carbocycles. The van der Waals surface area contributed by atoms with Gasteiger partial charge in [0.1, 0.15) is 0 Å². The summed E-state index contributed by atoms with van der Waals surface area (Å²) in [4.78, 5) is 15.2. The molecule has 0 fully saturated rings. The van der Waals surface area contributed by atoms with E-state index in [1.807, 2.05) is 0 Å². The van der Waals surface area contributed by atoms with Crippen LogP contribution in [0.1, 0.15) is 0 Å². The van der Waals surface area contributed by atoms with Crippen molar-refractivity contribution in [1.29, 1.82) is 0 Å². The molecule has 0 radical (unpaired) electrons. The largest absolute Gasteiger partial charge is 0.208 e. The number of benzene rings is 8. The maximum absolute atomic E-state index is 5.07. The van der Waals surface area contributed by atoms with Crippen molar-refractivity contribution in [2.45, 2.75) is 0 Å². The number of nitrogens with zero attached hydrogens (tertiary/aromatic N) is 3. The summed E-state index contributed by atoms with van der Waals surface area (Å²) < 4.78 is 2.50. The van der Waals surface area contributed by atoms with Crippen LogP contribution in [0.3, 0.4) is 0 Å². The summed E-state index contributed by atoms with van der Waals surface area (Å²) in [6.07, 6.45) is 0. The van der Waals surface area contributed by atoms with E-state index < -0.39 is 0 Å². The lowest BCUT2D eigenvalue weighted by atomic mass is 9.98. The molecule has 0 aliphatic carbocycles. The van der Waals surface area contributed by atoms with Crippen LogP contribution in [0.4, 0.5) is 0 Å². The van der Waals surface area contributed by atoms with Crippen molar-refractivity contribution >= 4 is 53.1 Å². The molecule has 0 spiro atoms. The summed E-state index contributed by atoms with van der Waals surface area (Å²) in [7, 11) is 0. The highest BCUT2D eigenvalue weighted by Crippen LogP contribution is 2.37. The fourth-order valence-electron chi connectivity index (χ4n) is 6.99. The Hall–Kier alpha value is -6.49. The van der Waals surface area contributed by atoms with E-state index in [1.165, 1.54) is 47.5 Å². The Morgan fingerprint density at radius 1 is 0.275 bits per heavy atom. The predicted octanol–water partition coefficient (Wildman–Crippen LogP) is 12.9. The summed E-state index contributed by atoms with van der Waals surface area (Å²) in [5.74, 6) is 1.97. The zero-order valence-corrected chi connectivity index (χ0v) is 28.3. The number of hydrogen-bond donors (Lipinski definition) is 0. The lowest BCUT2D eigenvalue weighted by Crippen LogP contribution is -2.00. The van der Waals surface area contributed by atoms with Crippen molar-refractivity contribution in [3.8, 4) is 56.4 Å². The molecule has 8 aromatic carbocycles. The van der Waals surface area contributed by atoms with Gasteiger partial charge in [0.15, 0.2) is 17.5 Å². The Morgan fingerprint density at radius 3 is 1.33 bits per heavy atom. The predicted molar refractivity (Wildman–Crippen MR) is 215 cm³/mol. The zero-order valence-electron chi connectivity index (χ0n) is 27.5. The van der Waals surface area contributed by atoms with Gasteiger partial charge in [0.2, 0.25) is 0 Å². The summed E-state index contributed by atoms with van der Waals surface area (Å²) >= 11 is 1.80. The van der Waals surface area contributed by atoms with Crippen molar-refractivity contribution in [3.63, 3.8) is 0 Å². The van der Waals surface area contributed by atoms with Crippen molar-refractivity contribution in [2.75, 3.05) is 0 Å². The number of thiophene rings is 1. The third-order valence-corrected chi connectivity index (χ3v) is 10.9. The monoisotopic (exact) mass is 667 g/mol. The van der Waals surface area contributed by atoms with Gasteiger partial charge in [-0.25, -0.2) is 15.0 Å². The molecule has 238 valence electrons. The Labute approximate surface area is 299 Å². The van der Waals surface area contributed by atoms with E-state index in [0.29, 0.717) is 17.5 Å². The van der Waals surface area contributed by atoms with Crippen LogP contribution in [0.25, 0.3) is 98.1 Å². The zero-order chi connectivity index (χ0) is 33.7. The van der Waals surface area contributed by atoms with Gasteiger partial charge in [-0.15, -0.1) is 11.3 Å². The molecule has 10 rings (SSSR count). The maximum Gasteiger partial charge on any atom is 0.164 e. The van der Waals surface area contributed by atoms with Gasteiger partial charge in [0.05, 0.1) is 0 Å². The highest BCUT2D eigenvalue weighted by atomic mass is 32.1. The van der Waals surface area contributed by atoms with E-state index in [4.69, 9.17) is 15.0 Å². The third kappa shape index (κ3) is 5.43. The average molecular weight is 668 g/mol. The first-order valence-electron chi connectivity index (χ1n) is 17.1. The van der Waals surface area contributed by atoms with Gasteiger partial charge in [-0.2, -0.15) is 0 Å². The molecule has 3 nitrogen and oxygen atoms in total. The van der Waals surface area contributed by atoms with Crippen LogP contribution in [-0.4, -0.2) is 15.0 Å². The Kier molecular flexibility index (Phi) is 7.00. The second kappa shape index (κ2) is 12.1. The normalized spacial score (nSPS) is 11.5. The van der Waals surface area contributed by atoms with E-state index in [0.717, 1.165) is 33.2 Å². The van der Waals surface area contributed by atoms with E-state index in [1.54, 1.807) is 11.3 Å². The molecule has 0 bridgehead atoms. The molecular formula is C47H29N3S. The van der Waals surface area contributed by atoms with Crippen molar-refractivity contribution in [2.24, 2.45) is 0 Å². The smallest absolute Gasteiger partial charge is 0.164 e. The fraction of sp³-hybridized carbons (Fsp3) is 0. The molecule has 0 atom stereocenters. The molecule has 51 heavy (non-hydrogen) atoms. The molecule has 0 saturated heterocycles. The highest BCUT2D eigenvalue weighted by Gasteiger charge is 2.15. The molecule has 2 heterocycles. The van der Waals surface area contributed by atoms with Gasteiger partial charge in [0.25, 0.3) is 0 Å². The topological polar surface area (TPSA) is 38.7 Å². The molecular weight excluding hydrogens is 639 g/mol. The maximum atomic E-state index is 5.07. The Morgan fingerprint density at radius 2 is 0.686 bits per heavy atom. The molecule has 2 aromatic heterocycles. The van der Waals surface area contributed by atoms with Gasteiger partial charge in [0, 0.05) is 36.9 Å². The van der Waals surface area contributed by atoms with E-state index in [9.17, 15) is 0 Å². The number of aromatic nitrogens is 3. The first kappa shape index (κ1) is 29.4. The Bertz CT molecular complexity index is 2910. The minimum Gasteiger partial charge on any atom is -0.208 e. The van der Waals surface area contributed by atoms with E-state index >= 15 is 0 Å². The van der Waals surface area contributed by atoms with Gasteiger partial charge in [-0.05, 0) is 68.1 Å². The summed E-state index contributed by atoms with van der Waals surface area (Å²) in [6.45, 7) is 0. The first-order valence-corrected chi connectivity index (χ1v) is 17.9. The second-order valence-electron chi connectivity index (χ2n) is 12.9. The van der Waals surface area contributed by atoms with Crippen molar-refractivity contribution < 1.29 is 0 Å². The third-order valence-electron chi connectivity index (χ3n) is 9.72. The molecule has 0 aliphatic heterocycles. The lowest BCUT2D eigenvalue weighted by Gasteiger charge is -2.10. The van der Waals surface area contributed by atoms with E-state index in [2.05, 4.69) is 176 Å². The second-order valence-corrected chi connectivity index (χ2v) is 14.0. The molecule has 0 amide bonds. The SMILES string of the molecule is c1ccc2cc(-c3ccc(-c4ccc(-c5nc(-c6ccc7ccccc7c6)nc(-c6ccc7c(c6)sc6ccccc67)n5)cc4)cc3)ccc2c1. The minimum absolute atomic E-state index is 0.651. The molecule has 10 aromatic rings.